The highest BCUT2D eigenvalue weighted by atomic mass is 31.2. The lowest BCUT2D eigenvalue weighted by Gasteiger charge is -2.23. The zero-order chi connectivity index (χ0) is 13.9. The van der Waals surface area contributed by atoms with Gasteiger partial charge in [-0.25, -0.2) is 4.57 Å². The molecule has 2 N–H and O–H groups in total. The third kappa shape index (κ3) is 5.30. The molecule has 0 aromatic carbocycles. The van der Waals surface area contributed by atoms with Gasteiger partial charge in [0.05, 0.1) is 5.41 Å². The van der Waals surface area contributed by atoms with E-state index in [1.54, 1.807) is 20.8 Å². The van der Waals surface area contributed by atoms with Crippen LogP contribution in [0.4, 0.5) is 0 Å². The van der Waals surface area contributed by atoms with E-state index in [0.29, 0.717) is 0 Å². The highest BCUT2D eigenvalue weighted by Gasteiger charge is 2.36. The zero-order valence-electron chi connectivity index (χ0n) is 10.5. The maximum atomic E-state index is 11.9. The summed E-state index contributed by atoms with van der Waals surface area (Å²) >= 11 is 0. The second-order valence-electron chi connectivity index (χ2n) is 4.50. The van der Waals surface area contributed by atoms with Crippen molar-refractivity contribution in [3.63, 3.8) is 0 Å². The first-order chi connectivity index (χ1) is 7.52. The lowest BCUT2D eigenvalue weighted by atomic mass is 9.98. The van der Waals surface area contributed by atoms with E-state index < -0.39 is 31.1 Å². The van der Waals surface area contributed by atoms with Crippen LogP contribution in [0.2, 0.25) is 0 Å². The summed E-state index contributed by atoms with van der Waals surface area (Å²) < 4.78 is 21.2. The lowest BCUT2D eigenvalue weighted by Crippen LogP contribution is -2.34. The Balaban J connectivity index is 4.76. The normalized spacial score (nSPS) is 17.0. The summed E-state index contributed by atoms with van der Waals surface area (Å²) in [6.07, 6.45) is 0. The highest BCUT2D eigenvalue weighted by molar-refractivity contribution is 7.52. The number of hydrogen-bond acceptors (Lipinski definition) is 5. The van der Waals surface area contributed by atoms with Crippen molar-refractivity contribution in [2.75, 3.05) is 7.11 Å². The molecule has 0 aliphatic carbocycles. The molecule has 0 aliphatic heterocycles. The van der Waals surface area contributed by atoms with Crippen LogP contribution in [0.1, 0.15) is 27.7 Å². The molecule has 17 heavy (non-hydrogen) atoms. The van der Waals surface area contributed by atoms with Crippen molar-refractivity contribution in [1.82, 2.24) is 5.09 Å². The zero-order valence-corrected chi connectivity index (χ0v) is 11.4. The second-order valence-corrected chi connectivity index (χ2v) is 6.30. The topological polar surface area (TPSA) is 102 Å². The van der Waals surface area contributed by atoms with Crippen LogP contribution in [0.3, 0.4) is 0 Å². The Kier molecular flexibility index (Phi) is 5.32. The van der Waals surface area contributed by atoms with Gasteiger partial charge in [0.25, 0.3) is 0 Å². The molecule has 2 atom stereocenters. The number of carbonyl (C=O) groups is 2. The van der Waals surface area contributed by atoms with E-state index in [1.807, 2.05) is 0 Å². The summed E-state index contributed by atoms with van der Waals surface area (Å²) in [6, 6.07) is -1.16. The molecule has 0 aromatic rings. The largest absolute Gasteiger partial charge is 0.480 e. The van der Waals surface area contributed by atoms with Crippen LogP contribution >= 0.6 is 7.75 Å². The van der Waals surface area contributed by atoms with Crippen LogP contribution < -0.4 is 5.09 Å². The van der Waals surface area contributed by atoms with Crippen LogP contribution in [0.15, 0.2) is 0 Å². The van der Waals surface area contributed by atoms with Gasteiger partial charge in [0.15, 0.2) is 0 Å². The Morgan fingerprint density at radius 1 is 1.35 bits per heavy atom. The summed E-state index contributed by atoms with van der Waals surface area (Å²) in [5, 5.41) is 10.8. The number of hydrogen-bond donors (Lipinski definition) is 2. The molecule has 0 aromatic heterocycles. The van der Waals surface area contributed by atoms with Gasteiger partial charge in [-0.1, -0.05) is 0 Å². The Labute approximate surface area is 100 Å². The smallest absolute Gasteiger partial charge is 0.461 e. The number of carboxylic acids is 1. The first kappa shape index (κ1) is 16.1. The molecular weight excluding hydrogens is 249 g/mol. The van der Waals surface area contributed by atoms with E-state index in [0.717, 1.165) is 7.11 Å². The molecule has 0 radical (unpaired) electrons. The maximum absolute atomic E-state index is 11.9. The predicted molar refractivity (Wildman–Crippen MR) is 60.4 cm³/mol. The van der Waals surface area contributed by atoms with Gasteiger partial charge in [0.2, 0.25) is 0 Å². The maximum Gasteiger partial charge on any atom is 0.461 e. The summed E-state index contributed by atoms with van der Waals surface area (Å²) in [6.45, 7) is 6.00. The third-order valence-electron chi connectivity index (χ3n) is 1.78. The van der Waals surface area contributed by atoms with Crippen molar-refractivity contribution >= 4 is 19.7 Å². The highest BCUT2D eigenvalue weighted by Crippen LogP contribution is 2.45. The van der Waals surface area contributed by atoms with Crippen molar-refractivity contribution in [3.8, 4) is 0 Å². The van der Waals surface area contributed by atoms with Crippen molar-refractivity contribution in [3.05, 3.63) is 0 Å². The fourth-order valence-corrected chi connectivity index (χ4v) is 1.96. The Bertz CT molecular complexity index is 348. The monoisotopic (exact) mass is 267 g/mol. The molecule has 0 spiro atoms. The Morgan fingerprint density at radius 2 is 1.82 bits per heavy atom. The van der Waals surface area contributed by atoms with Gasteiger partial charge >= 0.3 is 19.7 Å². The van der Waals surface area contributed by atoms with E-state index >= 15 is 0 Å². The first-order valence-electron chi connectivity index (χ1n) is 4.92. The van der Waals surface area contributed by atoms with E-state index in [-0.39, 0.29) is 0 Å². The molecule has 7 nitrogen and oxygen atoms in total. The number of aliphatic carboxylic acids is 1. The fraction of sp³-hybridized carbons (Fsp3) is 0.778. The van der Waals surface area contributed by atoms with E-state index in [2.05, 4.69) is 9.61 Å². The molecule has 0 rings (SSSR count). The quantitative estimate of drug-likeness (QED) is 0.725. The molecule has 0 bridgehead atoms. The second kappa shape index (κ2) is 5.62. The number of carbonyl (C=O) groups excluding carboxylic acids is 1. The average molecular weight is 267 g/mol. The van der Waals surface area contributed by atoms with Gasteiger partial charge in [-0.3, -0.25) is 14.1 Å². The van der Waals surface area contributed by atoms with Gasteiger partial charge in [0.1, 0.15) is 6.04 Å². The van der Waals surface area contributed by atoms with Gasteiger partial charge in [-0.15, -0.1) is 0 Å². The van der Waals surface area contributed by atoms with Crippen molar-refractivity contribution in [2.24, 2.45) is 5.41 Å². The Morgan fingerprint density at radius 3 is 2.12 bits per heavy atom. The number of nitrogens with one attached hydrogen (secondary N) is 1. The minimum atomic E-state index is -3.94. The SMILES string of the molecule is COP(=O)(NC(C)C(=O)O)OC(=O)C(C)(C)C. The standard InChI is InChI=1S/C9H18NO6P/c1-6(7(11)12)10-17(14,15-5)16-8(13)9(2,3)4/h6H,1-5H3,(H,10,14)(H,11,12). The van der Waals surface area contributed by atoms with Crippen LogP contribution in [0.25, 0.3) is 0 Å². The molecule has 8 heteroatoms. The van der Waals surface area contributed by atoms with E-state index in [4.69, 9.17) is 9.63 Å². The number of carboxylic acid groups (broad SMARTS) is 1. The molecule has 0 saturated heterocycles. The molecule has 0 saturated carbocycles. The van der Waals surface area contributed by atoms with Crippen molar-refractivity contribution in [2.45, 2.75) is 33.7 Å². The van der Waals surface area contributed by atoms with Crippen LogP contribution in [0, 0.1) is 5.41 Å². The summed E-state index contributed by atoms with van der Waals surface area (Å²) in [4.78, 5) is 22.1. The summed E-state index contributed by atoms with van der Waals surface area (Å²) in [5.41, 5.74) is -0.859. The average Bonchev–Trinajstić information content (AvgIpc) is 2.15. The number of rotatable bonds is 5. The van der Waals surface area contributed by atoms with Crippen LogP contribution in [-0.2, 0) is 23.2 Å². The summed E-state index contributed by atoms with van der Waals surface area (Å²) in [5.74, 6) is -1.97. The Hall–Kier alpha value is -0.910. The van der Waals surface area contributed by atoms with Gasteiger partial charge < -0.3 is 9.63 Å². The molecule has 100 valence electrons. The van der Waals surface area contributed by atoms with E-state index in [9.17, 15) is 14.2 Å². The molecule has 0 heterocycles. The van der Waals surface area contributed by atoms with E-state index in [1.165, 1.54) is 6.92 Å². The molecule has 0 aliphatic rings. The van der Waals surface area contributed by atoms with Gasteiger partial charge in [0, 0.05) is 7.11 Å². The van der Waals surface area contributed by atoms with Crippen molar-refractivity contribution in [1.29, 1.82) is 0 Å². The van der Waals surface area contributed by atoms with Gasteiger partial charge in [-0.2, -0.15) is 5.09 Å². The van der Waals surface area contributed by atoms with Gasteiger partial charge in [-0.05, 0) is 27.7 Å². The van der Waals surface area contributed by atoms with Crippen LogP contribution in [-0.4, -0.2) is 30.2 Å². The lowest BCUT2D eigenvalue weighted by molar-refractivity contribution is -0.144. The predicted octanol–water partition coefficient (Wildman–Crippen LogP) is 1.39. The minimum Gasteiger partial charge on any atom is -0.480 e. The molecule has 0 amide bonds. The third-order valence-corrected chi connectivity index (χ3v) is 3.37. The molecule has 0 fully saturated rings. The summed E-state index contributed by atoms with van der Waals surface area (Å²) in [7, 11) is -2.88. The minimum absolute atomic E-state index is 0.743. The fourth-order valence-electron chi connectivity index (χ4n) is 0.655. The first-order valence-corrected chi connectivity index (χ1v) is 6.46. The van der Waals surface area contributed by atoms with Crippen LogP contribution in [0.5, 0.6) is 0 Å². The molecular formula is C9H18NO6P. The van der Waals surface area contributed by atoms with Crippen molar-refractivity contribution < 1.29 is 28.3 Å². The molecule has 2 unspecified atom stereocenters.